The lowest BCUT2D eigenvalue weighted by Crippen LogP contribution is -2.29. The zero-order valence-corrected chi connectivity index (χ0v) is 16.7. The molecule has 1 heterocycles. The number of benzene rings is 2. The number of nitrogens with zero attached hydrogens (tertiary/aromatic N) is 1. The number of aromatic nitrogens is 1. The second-order valence-electron chi connectivity index (χ2n) is 7.95. The topological polar surface area (TPSA) is 39.2 Å². The van der Waals surface area contributed by atoms with E-state index in [-0.39, 0.29) is 11.9 Å². The van der Waals surface area contributed by atoms with Crippen molar-refractivity contribution in [2.75, 3.05) is 0 Å². The number of carbonyl (C=O) groups is 1. The normalized spacial score (nSPS) is 12.6. The highest BCUT2D eigenvalue weighted by atomic mass is 16.6. The minimum absolute atomic E-state index is 0.0712. The van der Waals surface area contributed by atoms with Crippen LogP contribution in [0.3, 0.4) is 0 Å². The summed E-state index contributed by atoms with van der Waals surface area (Å²) in [6.07, 6.45) is 2.33. The molecule has 2 aromatic carbocycles. The van der Waals surface area contributed by atoms with Crippen molar-refractivity contribution in [2.45, 2.75) is 44.6 Å². The summed E-state index contributed by atoms with van der Waals surface area (Å²) in [5, 5.41) is 0. The van der Waals surface area contributed by atoms with Gasteiger partial charge in [0.25, 0.3) is 0 Å². The zero-order valence-electron chi connectivity index (χ0n) is 16.7. The molecule has 0 amide bonds. The summed E-state index contributed by atoms with van der Waals surface area (Å²) in [6, 6.07) is 26.3. The first-order valence-corrected chi connectivity index (χ1v) is 9.68. The third kappa shape index (κ3) is 5.29. The van der Waals surface area contributed by atoms with Crippen molar-refractivity contribution >= 4 is 5.97 Å². The summed E-state index contributed by atoms with van der Waals surface area (Å²) in [4.78, 5) is 17.6. The van der Waals surface area contributed by atoms with Crippen LogP contribution in [0.4, 0.5) is 0 Å². The lowest BCUT2D eigenvalue weighted by atomic mass is 9.82. The van der Waals surface area contributed by atoms with E-state index >= 15 is 0 Å². The molecule has 0 aliphatic rings. The molecule has 3 heteroatoms. The molecule has 1 unspecified atom stereocenters. The third-order valence-corrected chi connectivity index (χ3v) is 4.61. The Kier molecular flexibility index (Phi) is 6.25. The Hall–Kier alpha value is -2.94. The first-order chi connectivity index (χ1) is 13.4. The maximum atomic E-state index is 13.1. The van der Waals surface area contributed by atoms with E-state index < -0.39 is 11.5 Å². The SMILES string of the molecule is CC(C)(C)OC(=O)C(CC(c1ccccc1)c1ccccc1)c1ccccn1. The Morgan fingerprint density at radius 3 is 1.86 bits per heavy atom. The lowest BCUT2D eigenvalue weighted by Gasteiger charge is -2.27. The summed E-state index contributed by atoms with van der Waals surface area (Å²) in [6.45, 7) is 5.69. The fourth-order valence-electron chi connectivity index (χ4n) is 3.36. The van der Waals surface area contributed by atoms with Gasteiger partial charge in [-0.05, 0) is 50.5 Å². The van der Waals surface area contributed by atoms with Crippen molar-refractivity contribution in [1.82, 2.24) is 4.98 Å². The van der Waals surface area contributed by atoms with E-state index in [0.29, 0.717) is 6.42 Å². The Morgan fingerprint density at radius 1 is 0.857 bits per heavy atom. The van der Waals surface area contributed by atoms with Crippen LogP contribution in [0.15, 0.2) is 85.1 Å². The zero-order chi connectivity index (χ0) is 20.0. The van der Waals surface area contributed by atoms with Gasteiger partial charge in [-0.3, -0.25) is 9.78 Å². The van der Waals surface area contributed by atoms with Gasteiger partial charge in [-0.1, -0.05) is 66.7 Å². The van der Waals surface area contributed by atoms with E-state index in [4.69, 9.17) is 4.74 Å². The monoisotopic (exact) mass is 373 g/mol. The minimum atomic E-state index is -0.543. The fraction of sp³-hybridized carbons (Fsp3) is 0.280. The second-order valence-corrected chi connectivity index (χ2v) is 7.95. The Morgan fingerprint density at radius 2 is 1.39 bits per heavy atom. The van der Waals surface area contributed by atoms with Gasteiger partial charge in [0.05, 0.1) is 11.6 Å². The predicted octanol–water partition coefficient (Wildman–Crippen LogP) is 5.73. The van der Waals surface area contributed by atoms with Crippen LogP contribution < -0.4 is 0 Å². The van der Waals surface area contributed by atoms with Gasteiger partial charge in [-0.25, -0.2) is 0 Å². The van der Waals surface area contributed by atoms with Crippen molar-refractivity contribution in [3.8, 4) is 0 Å². The molecule has 0 saturated heterocycles. The first kappa shape index (κ1) is 19.8. The van der Waals surface area contributed by atoms with Crippen LogP contribution in [-0.2, 0) is 9.53 Å². The standard InChI is InChI=1S/C25H27NO2/c1-25(2,3)28-24(27)22(23-16-10-11-17-26-23)18-21(19-12-6-4-7-13-19)20-14-8-5-9-15-20/h4-17,21-22H,18H2,1-3H3. The van der Waals surface area contributed by atoms with Crippen molar-refractivity contribution in [2.24, 2.45) is 0 Å². The molecule has 3 rings (SSSR count). The molecule has 28 heavy (non-hydrogen) atoms. The summed E-state index contributed by atoms with van der Waals surface area (Å²) in [5.41, 5.74) is 2.56. The maximum absolute atomic E-state index is 13.1. The maximum Gasteiger partial charge on any atom is 0.315 e. The highest BCUT2D eigenvalue weighted by Gasteiger charge is 2.31. The van der Waals surface area contributed by atoms with Gasteiger partial charge in [0.15, 0.2) is 0 Å². The van der Waals surface area contributed by atoms with Crippen molar-refractivity contribution in [1.29, 1.82) is 0 Å². The fourth-order valence-corrected chi connectivity index (χ4v) is 3.36. The number of carbonyl (C=O) groups excluding carboxylic acids is 1. The van der Waals surface area contributed by atoms with Gasteiger partial charge in [-0.2, -0.15) is 0 Å². The molecule has 3 aromatic rings. The van der Waals surface area contributed by atoms with E-state index in [2.05, 4.69) is 29.2 Å². The average Bonchev–Trinajstić information content (AvgIpc) is 2.69. The molecule has 1 aromatic heterocycles. The summed E-state index contributed by atoms with van der Waals surface area (Å²) in [7, 11) is 0. The summed E-state index contributed by atoms with van der Waals surface area (Å²) < 4.78 is 5.75. The molecule has 1 atom stereocenters. The van der Waals surface area contributed by atoms with Gasteiger partial charge >= 0.3 is 5.97 Å². The third-order valence-electron chi connectivity index (χ3n) is 4.61. The highest BCUT2D eigenvalue weighted by Crippen LogP contribution is 2.35. The highest BCUT2D eigenvalue weighted by molar-refractivity contribution is 5.78. The number of hydrogen-bond donors (Lipinski definition) is 0. The number of esters is 1. The van der Waals surface area contributed by atoms with E-state index in [9.17, 15) is 4.79 Å². The molecule has 3 nitrogen and oxygen atoms in total. The number of pyridine rings is 1. The van der Waals surface area contributed by atoms with Crippen LogP contribution in [0.25, 0.3) is 0 Å². The van der Waals surface area contributed by atoms with E-state index in [1.54, 1.807) is 6.20 Å². The molecule has 0 aliphatic carbocycles. The Labute approximate surface area is 167 Å². The summed E-state index contributed by atoms with van der Waals surface area (Å²) in [5.74, 6) is -0.601. The Bertz CT molecular complexity index is 831. The van der Waals surface area contributed by atoms with Crippen molar-refractivity contribution < 1.29 is 9.53 Å². The minimum Gasteiger partial charge on any atom is -0.459 e. The van der Waals surface area contributed by atoms with Gasteiger partial charge in [0.2, 0.25) is 0 Å². The smallest absolute Gasteiger partial charge is 0.315 e. The average molecular weight is 373 g/mol. The van der Waals surface area contributed by atoms with Crippen LogP contribution in [0.1, 0.15) is 55.8 Å². The quantitative estimate of drug-likeness (QED) is 0.518. The van der Waals surface area contributed by atoms with Crippen LogP contribution >= 0.6 is 0 Å². The molecule has 0 bridgehead atoms. The summed E-state index contributed by atoms with van der Waals surface area (Å²) >= 11 is 0. The molecule has 0 radical (unpaired) electrons. The van der Waals surface area contributed by atoms with Gasteiger partial charge in [-0.15, -0.1) is 0 Å². The largest absolute Gasteiger partial charge is 0.459 e. The number of ether oxygens (including phenoxy) is 1. The number of hydrogen-bond acceptors (Lipinski definition) is 3. The molecule has 0 spiro atoms. The van der Waals surface area contributed by atoms with E-state index in [1.165, 1.54) is 11.1 Å². The molecule has 0 N–H and O–H groups in total. The molecular weight excluding hydrogens is 346 g/mol. The van der Waals surface area contributed by atoms with Crippen molar-refractivity contribution in [3.05, 3.63) is 102 Å². The molecule has 144 valence electrons. The van der Waals surface area contributed by atoms with Gasteiger partial charge in [0.1, 0.15) is 5.60 Å². The lowest BCUT2D eigenvalue weighted by molar-refractivity contribution is -0.157. The number of rotatable bonds is 6. The van der Waals surface area contributed by atoms with Gasteiger partial charge in [0, 0.05) is 12.1 Å². The van der Waals surface area contributed by atoms with E-state index in [1.807, 2.05) is 75.4 Å². The van der Waals surface area contributed by atoms with Crippen LogP contribution in [0.5, 0.6) is 0 Å². The molecule has 0 saturated carbocycles. The van der Waals surface area contributed by atoms with Crippen LogP contribution in [0, 0.1) is 0 Å². The van der Waals surface area contributed by atoms with Crippen molar-refractivity contribution in [3.63, 3.8) is 0 Å². The van der Waals surface area contributed by atoms with Gasteiger partial charge < -0.3 is 4.74 Å². The van der Waals surface area contributed by atoms with Crippen LogP contribution in [-0.4, -0.2) is 16.6 Å². The molecular formula is C25H27NO2. The second kappa shape index (κ2) is 8.83. The molecule has 0 aliphatic heterocycles. The van der Waals surface area contributed by atoms with Crippen LogP contribution in [0.2, 0.25) is 0 Å². The Balaban J connectivity index is 1.99. The molecule has 0 fully saturated rings. The first-order valence-electron chi connectivity index (χ1n) is 9.68. The van der Waals surface area contributed by atoms with E-state index in [0.717, 1.165) is 5.69 Å². The predicted molar refractivity (Wildman–Crippen MR) is 112 cm³/mol.